The van der Waals surface area contributed by atoms with E-state index in [-0.39, 0.29) is 16.8 Å². The first-order chi connectivity index (χ1) is 15.5. The fraction of sp³-hybridized carbons (Fsp3) is 0.0800. The lowest BCUT2D eigenvalue weighted by atomic mass is 10.1. The van der Waals surface area contributed by atoms with Gasteiger partial charge in [-0.25, -0.2) is 4.79 Å². The number of hydrogen-bond donors (Lipinski definition) is 1. The first-order valence-electron chi connectivity index (χ1n) is 9.58. The molecule has 6 nitrogen and oxygen atoms in total. The summed E-state index contributed by atoms with van der Waals surface area (Å²) in [5, 5.41) is 12.7. The lowest BCUT2D eigenvalue weighted by Gasteiger charge is -2.09. The molecule has 160 valence electrons. The van der Waals surface area contributed by atoms with Gasteiger partial charge in [0.2, 0.25) is 0 Å². The van der Waals surface area contributed by atoms with E-state index in [1.54, 1.807) is 48.5 Å². The Balaban J connectivity index is 1.70. The molecule has 7 heteroatoms. The molecule has 3 aromatic carbocycles. The molecule has 0 fully saturated rings. The van der Waals surface area contributed by atoms with Crippen LogP contribution in [0.1, 0.15) is 21.5 Å². The molecule has 0 heterocycles. The summed E-state index contributed by atoms with van der Waals surface area (Å²) in [7, 11) is 1.25. The van der Waals surface area contributed by atoms with Crippen LogP contribution < -0.4 is 10.1 Å². The quantitative estimate of drug-likeness (QED) is 0.304. The van der Waals surface area contributed by atoms with Gasteiger partial charge < -0.3 is 14.8 Å². The topological polar surface area (TPSA) is 88.4 Å². The summed E-state index contributed by atoms with van der Waals surface area (Å²) in [5.41, 5.74) is 1.85. The molecule has 32 heavy (non-hydrogen) atoms. The minimum absolute atomic E-state index is 0.116. The third-order valence-corrected chi connectivity index (χ3v) is 4.86. The largest absolute Gasteiger partial charge is 0.489 e. The van der Waals surface area contributed by atoms with Crippen LogP contribution in [0.25, 0.3) is 6.08 Å². The molecule has 3 aromatic rings. The van der Waals surface area contributed by atoms with E-state index in [0.717, 1.165) is 5.56 Å². The van der Waals surface area contributed by atoms with Crippen molar-refractivity contribution in [1.29, 1.82) is 5.26 Å². The summed E-state index contributed by atoms with van der Waals surface area (Å²) < 4.78 is 10.5. The zero-order valence-electron chi connectivity index (χ0n) is 17.2. The Morgan fingerprint density at radius 3 is 2.41 bits per heavy atom. The number of carbonyl (C=O) groups excluding carboxylic acids is 2. The van der Waals surface area contributed by atoms with Gasteiger partial charge in [-0.15, -0.1) is 0 Å². The van der Waals surface area contributed by atoms with Gasteiger partial charge in [0.1, 0.15) is 24.0 Å². The van der Waals surface area contributed by atoms with E-state index in [1.807, 2.05) is 24.3 Å². The maximum absolute atomic E-state index is 12.6. The van der Waals surface area contributed by atoms with Crippen LogP contribution in [0.15, 0.2) is 78.4 Å². The zero-order chi connectivity index (χ0) is 22.9. The van der Waals surface area contributed by atoms with Crippen molar-refractivity contribution in [2.75, 3.05) is 12.4 Å². The van der Waals surface area contributed by atoms with Crippen molar-refractivity contribution in [1.82, 2.24) is 0 Å². The van der Waals surface area contributed by atoms with Gasteiger partial charge >= 0.3 is 5.97 Å². The number of rotatable bonds is 7. The molecule has 1 amide bonds. The number of methoxy groups -OCH3 is 1. The molecule has 0 spiro atoms. The number of halogens is 1. The number of nitrogens with zero attached hydrogens (tertiary/aromatic N) is 1. The number of benzene rings is 3. The second-order valence-corrected chi connectivity index (χ2v) is 7.02. The lowest BCUT2D eigenvalue weighted by Crippen LogP contribution is -2.16. The van der Waals surface area contributed by atoms with Gasteiger partial charge in [-0.2, -0.15) is 5.26 Å². The maximum Gasteiger partial charge on any atom is 0.339 e. The van der Waals surface area contributed by atoms with Crippen LogP contribution in [0.5, 0.6) is 5.75 Å². The van der Waals surface area contributed by atoms with Crippen LogP contribution >= 0.6 is 11.6 Å². The van der Waals surface area contributed by atoms with Crippen LogP contribution in [0.2, 0.25) is 5.02 Å². The summed E-state index contributed by atoms with van der Waals surface area (Å²) in [4.78, 5) is 24.4. The number of para-hydroxylation sites is 1. The molecule has 0 atom stereocenters. The monoisotopic (exact) mass is 446 g/mol. The normalized spacial score (nSPS) is 10.7. The van der Waals surface area contributed by atoms with Crippen LogP contribution in [0, 0.1) is 11.3 Å². The first kappa shape index (κ1) is 22.6. The number of anilines is 1. The molecule has 0 aromatic heterocycles. The standard InChI is InChI=1S/C25H19ClN2O4/c1-31-25(30)21-7-3-5-9-23(21)28-24(29)19(15-27)14-17-10-12-20(13-11-17)32-16-18-6-2-4-8-22(18)26/h2-14H,16H2,1H3,(H,28,29)/b19-14+. The smallest absolute Gasteiger partial charge is 0.339 e. The Kier molecular flexibility index (Phi) is 7.63. The Labute approximate surface area is 190 Å². The van der Waals surface area contributed by atoms with Crippen molar-refractivity contribution < 1.29 is 19.1 Å². The molecular formula is C25H19ClN2O4. The number of carbonyl (C=O) groups is 2. The molecule has 0 aliphatic heterocycles. The van der Waals surface area contributed by atoms with Gasteiger partial charge in [-0.3, -0.25) is 4.79 Å². The Hall–Kier alpha value is -4.08. The number of esters is 1. The Morgan fingerprint density at radius 1 is 1.03 bits per heavy atom. The van der Waals surface area contributed by atoms with E-state index in [9.17, 15) is 14.9 Å². The number of nitrogens with one attached hydrogen (secondary N) is 1. The Bertz CT molecular complexity index is 1200. The van der Waals surface area contributed by atoms with Gasteiger partial charge in [-0.05, 0) is 42.0 Å². The highest BCUT2D eigenvalue weighted by Crippen LogP contribution is 2.21. The van der Waals surface area contributed by atoms with E-state index in [0.29, 0.717) is 22.9 Å². The fourth-order valence-corrected chi connectivity index (χ4v) is 3.01. The predicted molar refractivity (Wildman–Crippen MR) is 122 cm³/mol. The van der Waals surface area contributed by atoms with Gasteiger partial charge in [-0.1, -0.05) is 54.1 Å². The predicted octanol–water partition coefficient (Wildman–Crippen LogP) is 5.25. The van der Waals surface area contributed by atoms with Crippen molar-refractivity contribution >= 4 is 35.2 Å². The van der Waals surface area contributed by atoms with Gasteiger partial charge in [0.25, 0.3) is 5.91 Å². The molecule has 0 saturated heterocycles. The maximum atomic E-state index is 12.6. The van der Waals surface area contributed by atoms with Crippen molar-refractivity contribution in [2.45, 2.75) is 6.61 Å². The lowest BCUT2D eigenvalue weighted by molar-refractivity contribution is -0.112. The van der Waals surface area contributed by atoms with Gasteiger partial charge in [0.05, 0.1) is 18.4 Å². The average Bonchev–Trinajstić information content (AvgIpc) is 2.82. The minimum Gasteiger partial charge on any atom is -0.489 e. The summed E-state index contributed by atoms with van der Waals surface area (Å²) in [6, 6.07) is 22.6. The summed E-state index contributed by atoms with van der Waals surface area (Å²) in [5.74, 6) is -0.601. The Morgan fingerprint density at radius 2 is 1.72 bits per heavy atom. The van der Waals surface area contributed by atoms with E-state index in [1.165, 1.54) is 19.3 Å². The SMILES string of the molecule is COC(=O)c1ccccc1NC(=O)/C(C#N)=C/c1ccc(OCc2ccccc2Cl)cc1. The van der Waals surface area contributed by atoms with E-state index in [4.69, 9.17) is 21.1 Å². The van der Waals surface area contributed by atoms with Crippen molar-refractivity contribution in [2.24, 2.45) is 0 Å². The van der Waals surface area contributed by atoms with E-state index < -0.39 is 11.9 Å². The molecule has 1 N–H and O–H groups in total. The number of ether oxygens (including phenoxy) is 2. The molecule has 0 radical (unpaired) electrons. The van der Waals surface area contributed by atoms with E-state index >= 15 is 0 Å². The first-order valence-corrected chi connectivity index (χ1v) is 9.96. The van der Waals surface area contributed by atoms with Crippen molar-refractivity contribution in [3.63, 3.8) is 0 Å². The molecular weight excluding hydrogens is 428 g/mol. The third kappa shape index (κ3) is 5.75. The average molecular weight is 447 g/mol. The highest BCUT2D eigenvalue weighted by molar-refractivity contribution is 6.31. The zero-order valence-corrected chi connectivity index (χ0v) is 17.9. The van der Waals surface area contributed by atoms with Crippen LogP contribution in [0.4, 0.5) is 5.69 Å². The summed E-state index contributed by atoms with van der Waals surface area (Å²) >= 11 is 6.13. The second-order valence-electron chi connectivity index (χ2n) is 6.61. The van der Waals surface area contributed by atoms with E-state index in [2.05, 4.69) is 5.32 Å². The van der Waals surface area contributed by atoms with Crippen LogP contribution in [0.3, 0.4) is 0 Å². The van der Waals surface area contributed by atoms with Crippen molar-refractivity contribution in [3.05, 3.63) is 100 Å². The van der Waals surface area contributed by atoms with Gasteiger partial charge in [0.15, 0.2) is 0 Å². The molecule has 3 rings (SSSR count). The molecule has 0 saturated carbocycles. The van der Waals surface area contributed by atoms with Gasteiger partial charge in [0, 0.05) is 10.6 Å². The van der Waals surface area contributed by atoms with Crippen LogP contribution in [-0.2, 0) is 16.1 Å². The fourth-order valence-electron chi connectivity index (χ4n) is 2.82. The highest BCUT2D eigenvalue weighted by Gasteiger charge is 2.15. The summed E-state index contributed by atoms with van der Waals surface area (Å²) in [6.07, 6.45) is 1.45. The number of amides is 1. The third-order valence-electron chi connectivity index (χ3n) is 4.49. The van der Waals surface area contributed by atoms with Crippen LogP contribution in [-0.4, -0.2) is 19.0 Å². The number of nitriles is 1. The van der Waals surface area contributed by atoms with Crippen molar-refractivity contribution in [3.8, 4) is 11.8 Å². The highest BCUT2D eigenvalue weighted by atomic mass is 35.5. The second kappa shape index (κ2) is 10.8. The molecule has 0 unspecified atom stereocenters. The summed E-state index contributed by atoms with van der Waals surface area (Å²) in [6.45, 7) is 0.320. The minimum atomic E-state index is -0.636. The molecule has 0 bridgehead atoms. The number of hydrogen-bond acceptors (Lipinski definition) is 5. The molecule has 0 aliphatic carbocycles. The molecule has 0 aliphatic rings.